The van der Waals surface area contributed by atoms with E-state index in [1.54, 1.807) is 6.07 Å². The molecule has 3 N–H and O–H groups in total. The van der Waals surface area contributed by atoms with Crippen LogP contribution >= 0.6 is 0 Å². The molecule has 4 heterocycles. The van der Waals surface area contributed by atoms with Crippen LogP contribution < -0.4 is 15.4 Å². The van der Waals surface area contributed by atoms with Crippen LogP contribution in [0.3, 0.4) is 0 Å². The van der Waals surface area contributed by atoms with E-state index in [-0.39, 0.29) is 29.3 Å². The number of piperidine rings is 1. The Morgan fingerprint density at radius 3 is 2.74 bits per heavy atom. The number of nitrogens with zero attached hydrogens (tertiary/aromatic N) is 4. The number of imidazole rings is 1. The van der Waals surface area contributed by atoms with Crippen molar-refractivity contribution in [3.8, 4) is 17.1 Å². The number of rotatable bonds is 5. The molecule has 2 atom stereocenters. The molecular formula is C20H23F3N6O2. The second kappa shape index (κ2) is 7.97. The van der Waals surface area contributed by atoms with Crippen LogP contribution in [0.2, 0.25) is 0 Å². The summed E-state index contributed by atoms with van der Waals surface area (Å²) in [6, 6.07) is 1.54. The van der Waals surface area contributed by atoms with Gasteiger partial charge in [0.15, 0.2) is 23.1 Å². The Kier molecular flexibility index (Phi) is 5.48. The molecule has 31 heavy (non-hydrogen) atoms. The van der Waals surface area contributed by atoms with Gasteiger partial charge in [0, 0.05) is 18.7 Å². The number of aliphatic hydroxyl groups is 1. The van der Waals surface area contributed by atoms with Crippen LogP contribution in [0, 0.1) is 11.6 Å². The molecule has 2 unspecified atom stereocenters. The van der Waals surface area contributed by atoms with Crippen molar-refractivity contribution < 1.29 is 23.0 Å². The lowest BCUT2D eigenvalue weighted by Gasteiger charge is -2.28. The Morgan fingerprint density at radius 1 is 1.29 bits per heavy atom. The fourth-order valence-electron chi connectivity index (χ4n) is 3.53. The zero-order chi connectivity index (χ0) is 22.3. The smallest absolute Gasteiger partial charge is 0.168 e. The van der Waals surface area contributed by atoms with Crippen LogP contribution in [0.1, 0.15) is 26.0 Å². The van der Waals surface area contributed by atoms with Crippen molar-refractivity contribution >= 4 is 11.5 Å². The number of methoxy groups -OCH3 is 1. The molecule has 0 radical (unpaired) electrons. The molecule has 11 heteroatoms. The minimum absolute atomic E-state index is 0.141. The fraction of sp³-hybridized carbons (Fsp3) is 0.450. The molecule has 4 rings (SSSR count). The van der Waals surface area contributed by atoms with E-state index in [1.807, 2.05) is 0 Å². The third-order valence-corrected chi connectivity index (χ3v) is 5.15. The van der Waals surface area contributed by atoms with Crippen LogP contribution in [0.5, 0.6) is 5.75 Å². The summed E-state index contributed by atoms with van der Waals surface area (Å²) in [5.74, 6) is -1.81. The van der Waals surface area contributed by atoms with Crippen LogP contribution in [0.25, 0.3) is 17.0 Å². The molecule has 0 saturated carbocycles. The van der Waals surface area contributed by atoms with Crippen molar-refractivity contribution in [1.29, 1.82) is 0 Å². The molecule has 1 aliphatic heterocycles. The molecule has 3 aromatic rings. The molecule has 1 fully saturated rings. The highest BCUT2D eigenvalue weighted by atomic mass is 19.1. The number of fused-ring (bicyclic) bond motifs is 1. The Morgan fingerprint density at radius 2 is 2.06 bits per heavy atom. The zero-order valence-corrected chi connectivity index (χ0v) is 17.3. The van der Waals surface area contributed by atoms with E-state index in [9.17, 15) is 18.3 Å². The normalized spacial score (nSPS) is 19.6. The molecule has 0 aromatic carbocycles. The van der Waals surface area contributed by atoms with Crippen molar-refractivity contribution in [2.45, 2.75) is 38.1 Å². The maximum Gasteiger partial charge on any atom is 0.168 e. The van der Waals surface area contributed by atoms with Crippen molar-refractivity contribution in [1.82, 2.24) is 24.9 Å². The Hall–Kier alpha value is -2.92. The summed E-state index contributed by atoms with van der Waals surface area (Å²) in [6.07, 6.45) is 0.435. The molecule has 8 nitrogen and oxygen atoms in total. The molecule has 166 valence electrons. The summed E-state index contributed by atoms with van der Waals surface area (Å²) in [6.45, 7) is 3.89. The molecule has 0 amide bonds. The van der Waals surface area contributed by atoms with Gasteiger partial charge in [0.05, 0.1) is 19.3 Å². The van der Waals surface area contributed by atoms with Crippen molar-refractivity contribution in [3.63, 3.8) is 0 Å². The second-order valence-corrected chi connectivity index (χ2v) is 7.94. The van der Waals surface area contributed by atoms with Crippen LogP contribution in [-0.2, 0) is 5.60 Å². The molecular weight excluding hydrogens is 413 g/mol. The molecule has 0 spiro atoms. The first-order valence-electron chi connectivity index (χ1n) is 9.82. The topological polar surface area (TPSA) is 96.6 Å². The van der Waals surface area contributed by atoms with Crippen molar-refractivity contribution in [2.24, 2.45) is 0 Å². The summed E-state index contributed by atoms with van der Waals surface area (Å²) in [5, 5.41) is 20.6. The Labute approximate surface area is 176 Å². The summed E-state index contributed by atoms with van der Waals surface area (Å²) in [5.41, 5.74) is -0.902. The number of pyridine rings is 1. The average Bonchev–Trinajstić information content (AvgIpc) is 3.12. The highest BCUT2D eigenvalue weighted by molar-refractivity contribution is 5.63. The van der Waals surface area contributed by atoms with Gasteiger partial charge in [0.1, 0.15) is 34.6 Å². The van der Waals surface area contributed by atoms with Gasteiger partial charge in [0.2, 0.25) is 0 Å². The third kappa shape index (κ3) is 4.02. The molecule has 1 aliphatic rings. The van der Waals surface area contributed by atoms with Crippen LogP contribution in [0.4, 0.5) is 19.0 Å². The summed E-state index contributed by atoms with van der Waals surface area (Å²) in [4.78, 5) is 8.27. The number of halogens is 3. The maximum absolute atomic E-state index is 14.7. The van der Waals surface area contributed by atoms with Gasteiger partial charge < -0.3 is 20.5 Å². The van der Waals surface area contributed by atoms with Crippen LogP contribution in [0.15, 0.2) is 18.3 Å². The average molecular weight is 436 g/mol. The summed E-state index contributed by atoms with van der Waals surface area (Å²) >= 11 is 0. The van der Waals surface area contributed by atoms with Gasteiger partial charge >= 0.3 is 0 Å². The molecule has 3 aromatic heterocycles. The Balaban J connectivity index is 1.80. The molecule has 0 aliphatic carbocycles. The predicted molar refractivity (Wildman–Crippen MR) is 108 cm³/mol. The minimum Gasteiger partial charge on any atom is -0.495 e. The third-order valence-electron chi connectivity index (χ3n) is 5.15. The predicted octanol–water partition coefficient (Wildman–Crippen LogP) is 2.42. The van der Waals surface area contributed by atoms with E-state index in [2.05, 4.69) is 25.7 Å². The number of alkyl halides is 1. The van der Waals surface area contributed by atoms with Gasteiger partial charge in [-0.3, -0.25) is 0 Å². The number of hydrogen-bond acceptors (Lipinski definition) is 7. The fourth-order valence-corrected chi connectivity index (χ4v) is 3.53. The van der Waals surface area contributed by atoms with Gasteiger partial charge in [-0.15, -0.1) is 0 Å². The van der Waals surface area contributed by atoms with E-state index >= 15 is 0 Å². The van der Waals surface area contributed by atoms with E-state index in [4.69, 9.17) is 4.74 Å². The monoisotopic (exact) mass is 436 g/mol. The quantitative estimate of drug-likeness (QED) is 0.565. The highest BCUT2D eigenvalue weighted by Crippen LogP contribution is 2.31. The first-order chi connectivity index (χ1) is 14.7. The van der Waals surface area contributed by atoms with Crippen LogP contribution in [-0.4, -0.2) is 57.1 Å². The summed E-state index contributed by atoms with van der Waals surface area (Å²) < 4.78 is 49.8. The van der Waals surface area contributed by atoms with E-state index in [1.165, 1.54) is 31.7 Å². The lowest BCUT2D eigenvalue weighted by molar-refractivity contribution is 0.0694. The van der Waals surface area contributed by atoms with Gasteiger partial charge in [0.25, 0.3) is 0 Å². The maximum atomic E-state index is 14.7. The van der Waals surface area contributed by atoms with E-state index < -0.39 is 29.4 Å². The molecule has 1 saturated heterocycles. The number of hydrogen-bond donors (Lipinski definition) is 3. The number of ether oxygens (including phenoxy) is 1. The Bertz CT molecular complexity index is 1110. The first-order valence-corrected chi connectivity index (χ1v) is 9.82. The highest BCUT2D eigenvalue weighted by Gasteiger charge is 2.28. The van der Waals surface area contributed by atoms with Crippen molar-refractivity contribution in [2.75, 3.05) is 25.5 Å². The SMILES string of the molecule is COc1cc2ncc(-c3nc(NC4CNCCC4F)c(F)cc3F)n2nc1C(C)(C)O. The standard InChI is InChI=1S/C20H23F3N6O2/c1-20(2,30)18-15(31-3)7-16-25-9-14(29(16)28-18)17-11(22)6-12(23)19(27-17)26-13-8-24-5-4-10(13)21/h6-7,9-10,13,24,30H,4-5,8H2,1-3H3,(H,26,27). The second-order valence-electron chi connectivity index (χ2n) is 7.94. The zero-order valence-electron chi connectivity index (χ0n) is 17.3. The minimum atomic E-state index is -1.35. The van der Waals surface area contributed by atoms with Gasteiger partial charge in [-0.1, -0.05) is 0 Å². The number of aromatic nitrogens is 4. The lowest BCUT2D eigenvalue weighted by Crippen LogP contribution is -2.46. The van der Waals surface area contributed by atoms with E-state index in [0.29, 0.717) is 30.6 Å². The van der Waals surface area contributed by atoms with Crippen molar-refractivity contribution in [3.05, 3.63) is 35.7 Å². The first kappa shape index (κ1) is 21.3. The van der Waals surface area contributed by atoms with Gasteiger partial charge in [-0.2, -0.15) is 5.10 Å². The van der Waals surface area contributed by atoms with Gasteiger partial charge in [-0.25, -0.2) is 27.7 Å². The lowest BCUT2D eigenvalue weighted by atomic mass is 10.0. The van der Waals surface area contributed by atoms with Gasteiger partial charge in [-0.05, 0) is 26.8 Å². The number of nitrogens with one attached hydrogen (secondary N) is 2. The number of anilines is 1. The largest absolute Gasteiger partial charge is 0.495 e. The molecule has 0 bridgehead atoms. The summed E-state index contributed by atoms with van der Waals surface area (Å²) in [7, 11) is 1.43. The van der Waals surface area contributed by atoms with E-state index in [0.717, 1.165) is 0 Å².